The largest absolute Gasteiger partial charge is 0.332 e. The second kappa shape index (κ2) is 14.0. The van der Waals surface area contributed by atoms with Gasteiger partial charge in [-0.1, -0.05) is 0 Å². The van der Waals surface area contributed by atoms with E-state index in [1.165, 1.54) is 53.8 Å². The van der Waals surface area contributed by atoms with E-state index in [9.17, 15) is 28.8 Å². The van der Waals surface area contributed by atoms with Crippen molar-refractivity contribution < 1.29 is 0 Å². The summed E-state index contributed by atoms with van der Waals surface area (Å²) < 4.78 is 12.1. The standard InChI is InChI=1S/3C8H10N4O2.3ClH/c3*1-10-4-9-6-5(10)7(13)12(3)8(14)11(6)2;;;/h3*4H,1-3H3;3*1H. The zero-order chi connectivity index (χ0) is 31.4. The van der Waals surface area contributed by atoms with Crippen molar-refractivity contribution in [2.45, 2.75) is 0 Å². The lowest BCUT2D eigenvalue weighted by atomic mass is 10.5. The highest BCUT2D eigenvalue weighted by Crippen LogP contribution is 2.03. The third-order valence-corrected chi connectivity index (χ3v) is 6.95. The minimum absolute atomic E-state index is 0. The molecule has 0 radical (unpaired) electrons. The van der Waals surface area contributed by atoms with Gasteiger partial charge in [-0.25, -0.2) is 29.3 Å². The fraction of sp³-hybridized carbons (Fsp3) is 0.375. The van der Waals surface area contributed by atoms with Crippen molar-refractivity contribution in [1.29, 1.82) is 0 Å². The lowest BCUT2D eigenvalue weighted by molar-refractivity contribution is 0.705. The van der Waals surface area contributed by atoms with Gasteiger partial charge in [0.2, 0.25) is 0 Å². The Kier molecular flexibility index (Phi) is 11.9. The smallest absolute Gasteiger partial charge is 0.328 e. The maximum absolute atomic E-state index is 11.7. The SMILES string of the molecule is Cl.Cl.Cl.Cn1c(=O)c2c(ncn2C)n(C)c1=O.Cn1c(=O)c2c(ncn2C)n(C)c1=O.Cn1c(=O)c2c(ncn2C)n(C)c1=O. The Balaban J connectivity index is 0.000000327. The summed E-state index contributed by atoms with van der Waals surface area (Å²) >= 11 is 0. The number of hydrogen-bond acceptors (Lipinski definition) is 9. The summed E-state index contributed by atoms with van der Waals surface area (Å²) in [5.74, 6) is 0. The molecule has 0 aliphatic rings. The summed E-state index contributed by atoms with van der Waals surface area (Å²) in [7, 11) is 14.3. The van der Waals surface area contributed by atoms with Gasteiger partial charge >= 0.3 is 17.1 Å². The molecule has 0 spiro atoms. The third kappa shape index (κ3) is 6.16. The quantitative estimate of drug-likeness (QED) is 0.177. The van der Waals surface area contributed by atoms with Crippen LogP contribution >= 0.6 is 37.2 Å². The summed E-state index contributed by atoms with van der Waals surface area (Å²) in [5.41, 5.74) is 0.540. The van der Waals surface area contributed by atoms with Crippen LogP contribution in [0.4, 0.5) is 0 Å². The Bertz CT molecular complexity index is 2130. The first-order valence-corrected chi connectivity index (χ1v) is 12.3. The van der Waals surface area contributed by atoms with Gasteiger partial charge < -0.3 is 13.7 Å². The van der Waals surface area contributed by atoms with E-state index in [0.717, 1.165) is 13.7 Å². The van der Waals surface area contributed by atoms with Crippen molar-refractivity contribution in [2.24, 2.45) is 63.4 Å². The van der Waals surface area contributed by atoms with Gasteiger partial charge in [-0.05, 0) is 0 Å². The number of aromatic nitrogens is 12. The Labute approximate surface area is 271 Å². The van der Waals surface area contributed by atoms with Crippen molar-refractivity contribution in [2.75, 3.05) is 0 Å². The molecule has 6 heterocycles. The van der Waals surface area contributed by atoms with E-state index in [4.69, 9.17) is 0 Å². The van der Waals surface area contributed by atoms with Gasteiger partial charge in [-0.3, -0.25) is 41.8 Å². The summed E-state index contributed by atoms with van der Waals surface area (Å²) in [5, 5.41) is 0. The van der Waals surface area contributed by atoms with Crippen molar-refractivity contribution in [3.63, 3.8) is 0 Å². The number of hydrogen-bond donors (Lipinski definition) is 0. The van der Waals surface area contributed by atoms with Crippen LogP contribution in [0.1, 0.15) is 0 Å². The number of halogens is 3. The molecule has 18 nitrogen and oxygen atoms in total. The van der Waals surface area contributed by atoms with Crippen molar-refractivity contribution in [3.8, 4) is 0 Å². The first kappa shape index (κ1) is 38.3. The second-order valence-electron chi connectivity index (χ2n) is 9.70. The highest BCUT2D eigenvalue weighted by molar-refractivity contribution is 5.86. The zero-order valence-corrected chi connectivity index (χ0v) is 28.2. The highest BCUT2D eigenvalue weighted by Gasteiger charge is 2.13. The molecule has 0 aromatic carbocycles. The minimum Gasteiger partial charge on any atom is -0.328 e. The average Bonchev–Trinajstić information content (AvgIpc) is 3.67. The van der Waals surface area contributed by atoms with Crippen molar-refractivity contribution in [3.05, 3.63) is 81.5 Å². The van der Waals surface area contributed by atoms with Crippen LogP contribution in [0.3, 0.4) is 0 Å². The molecule has 0 aliphatic heterocycles. The molecule has 45 heavy (non-hydrogen) atoms. The topological polar surface area (TPSA) is 185 Å². The van der Waals surface area contributed by atoms with Crippen LogP contribution in [0.2, 0.25) is 0 Å². The summed E-state index contributed by atoms with van der Waals surface area (Å²) in [6.45, 7) is 0. The number of rotatable bonds is 0. The van der Waals surface area contributed by atoms with Crippen molar-refractivity contribution >= 4 is 70.7 Å². The summed E-state index contributed by atoms with van der Waals surface area (Å²) in [6.07, 6.45) is 4.56. The van der Waals surface area contributed by atoms with Gasteiger partial charge in [0.15, 0.2) is 33.5 Å². The van der Waals surface area contributed by atoms with Crippen LogP contribution in [0, 0.1) is 0 Å². The first-order chi connectivity index (χ1) is 19.6. The minimum atomic E-state index is -0.360. The molecule has 0 bridgehead atoms. The molecule has 0 atom stereocenters. The molecule has 6 aromatic rings. The van der Waals surface area contributed by atoms with Crippen LogP contribution in [0.15, 0.2) is 47.7 Å². The molecule has 0 unspecified atom stereocenters. The van der Waals surface area contributed by atoms with E-state index < -0.39 is 0 Å². The summed E-state index contributed by atoms with van der Waals surface area (Å²) in [6, 6.07) is 0. The van der Waals surface area contributed by atoms with Gasteiger partial charge in [-0.2, -0.15) is 0 Å². The molecule has 6 aromatic heterocycles. The fourth-order valence-electron chi connectivity index (χ4n) is 4.41. The molecular formula is C24H33Cl3N12O6. The molecule has 0 saturated heterocycles. The second-order valence-corrected chi connectivity index (χ2v) is 9.70. The van der Waals surface area contributed by atoms with Gasteiger partial charge in [0.25, 0.3) is 16.7 Å². The lowest BCUT2D eigenvalue weighted by Crippen LogP contribution is -2.37. The van der Waals surface area contributed by atoms with Gasteiger partial charge in [0.1, 0.15) is 0 Å². The van der Waals surface area contributed by atoms with Gasteiger partial charge in [0, 0.05) is 63.4 Å². The van der Waals surface area contributed by atoms with Gasteiger partial charge in [-0.15, -0.1) is 37.2 Å². The maximum Gasteiger partial charge on any atom is 0.332 e. The number of nitrogens with zero attached hydrogens (tertiary/aromatic N) is 12. The molecule has 0 amide bonds. The third-order valence-electron chi connectivity index (χ3n) is 6.95. The van der Waals surface area contributed by atoms with E-state index in [1.807, 2.05) is 0 Å². The molecule has 6 rings (SSSR count). The first-order valence-electron chi connectivity index (χ1n) is 12.3. The maximum atomic E-state index is 11.7. The molecule has 0 aliphatic carbocycles. The number of aryl methyl sites for hydroxylation is 6. The van der Waals surface area contributed by atoms with E-state index in [2.05, 4.69) is 15.0 Å². The van der Waals surface area contributed by atoms with E-state index in [1.54, 1.807) is 56.0 Å². The highest BCUT2D eigenvalue weighted by atomic mass is 35.5. The Hall–Kier alpha value is -4.68. The lowest BCUT2D eigenvalue weighted by Gasteiger charge is -2.02. The van der Waals surface area contributed by atoms with E-state index >= 15 is 0 Å². The molecule has 246 valence electrons. The van der Waals surface area contributed by atoms with Crippen LogP contribution in [0.5, 0.6) is 0 Å². The molecule has 0 fully saturated rings. The van der Waals surface area contributed by atoms with E-state index in [-0.39, 0.29) is 71.0 Å². The van der Waals surface area contributed by atoms with Crippen LogP contribution in [-0.4, -0.2) is 56.1 Å². The molecule has 0 N–H and O–H groups in total. The predicted octanol–water partition coefficient (Wildman–Crippen LogP) is -1.82. The Morgan fingerprint density at radius 2 is 0.578 bits per heavy atom. The van der Waals surface area contributed by atoms with Gasteiger partial charge in [0.05, 0.1) is 19.0 Å². The molecular weight excluding hydrogens is 659 g/mol. The van der Waals surface area contributed by atoms with Crippen LogP contribution < -0.4 is 33.7 Å². The average molecular weight is 692 g/mol. The van der Waals surface area contributed by atoms with Crippen LogP contribution in [0.25, 0.3) is 33.5 Å². The monoisotopic (exact) mass is 690 g/mol. The Morgan fingerprint density at radius 1 is 0.378 bits per heavy atom. The van der Waals surface area contributed by atoms with Crippen LogP contribution in [-0.2, 0) is 63.4 Å². The number of fused-ring (bicyclic) bond motifs is 3. The van der Waals surface area contributed by atoms with Crippen molar-refractivity contribution in [1.82, 2.24) is 56.1 Å². The zero-order valence-electron chi connectivity index (χ0n) is 25.8. The number of imidazole rings is 3. The predicted molar refractivity (Wildman–Crippen MR) is 175 cm³/mol. The van der Waals surface area contributed by atoms with E-state index in [0.29, 0.717) is 33.5 Å². The molecule has 21 heteroatoms. The Morgan fingerprint density at radius 3 is 0.778 bits per heavy atom. The normalized spacial score (nSPS) is 10.3. The summed E-state index contributed by atoms with van der Waals surface area (Å²) in [4.78, 5) is 81.5. The molecule has 0 saturated carbocycles. The fourth-order valence-corrected chi connectivity index (χ4v) is 4.41.